The fourth-order valence-electron chi connectivity index (χ4n) is 3.63. The molecule has 0 amide bonds. The second kappa shape index (κ2) is 6.53. The summed E-state index contributed by atoms with van der Waals surface area (Å²) in [6.45, 7) is 5.18. The van der Waals surface area contributed by atoms with Gasteiger partial charge < -0.3 is 9.84 Å². The molecule has 3 atom stereocenters. The number of methoxy groups -OCH3 is 1. The van der Waals surface area contributed by atoms with Crippen LogP contribution >= 0.6 is 0 Å². The Morgan fingerprint density at radius 2 is 1.79 bits per heavy atom. The van der Waals surface area contributed by atoms with Crippen LogP contribution in [0.4, 0.5) is 0 Å². The molecule has 1 aromatic rings. The third kappa shape index (κ3) is 3.58. The lowest BCUT2D eigenvalue weighted by atomic mass is 9.73. The average Bonchev–Trinajstić information content (AvgIpc) is 2.38. The van der Waals surface area contributed by atoms with Gasteiger partial charge >= 0.3 is 0 Å². The number of aliphatic hydroxyl groups is 1. The standard InChI is InChI=1S/C17H26O2/c1-12-8-13(2)10-15(9-12)17(18)16-7-5-4-6-14(16)11-19-3/h4-7,12-13,15,17-18H,8-11H2,1-3H3. The Balaban J connectivity index is 2.16. The quantitative estimate of drug-likeness (QED) is 0.890. The van der Waals surface area contributed by atoms with Gasteiger partial charge in [-0.2, -0.15) is 0 Å². The molecule has 2 heteroatoms. The van der Waals surface area contributed by atoms with Crippen LogP contribution < -0.4 is 0 Å². The summed E-state index contributed by atoms with van der Waals surface area (Å²) in [5.74, 6) is 1.83. The highest BCUT2D eigenvalue weighted by molar-refractivity contribution is 5.29. The minimum absolute atomic E-state index is 0.350. The van der Waals surface area contributed by atoms with Crippen molar-refractivity contribution in [2.75, 3.05) is 7.11 Å². The van der Waals surface area contributed by atoms with Crippen LogP contribution in [0, 0.1) is 17.8 Å². The molecular weight excluding hydrogens is 236 g/mol. The van der Waals surface area contributed by atoms with Gasteiger partial charge in [-0.1, -0.05) is 38.1 Å². The number of aliphatic hydroxyl groups excluding tert-OH is 1. The van der Waals surface area contributed by atoms with Gasteiger partial charge in [0.1, 0.15) is 0 Å². The maximum atomic E-state index is 10.7. The maximum Gasteiger partial charge on any atom is 0.0821 e. The molecule has 0 aromatic heterocycles. The van der Waals surface area contributed by atoms with Crippen molar-refractivity contribution < 1.29 is 9.84 Å². The van der Waals surface area contributed by atoms with Gasteiger partial charge in [-0.05, 0) is 48.1 Å². The molecule has 1 saturated carbocycles. The maximum absolute atomic E-state index is 10.7. The van der Waals surface area contributed by atoms with E-state index >= 15 is 0 Å². The van der Waals surface area contributed by atoms with Crippen molar-refractivity contribution in [2.45, 2.75) is 45.8 Å². The monoisotopic (exact) mass is 262 g/mol. The number of hydrogen-bond acceptors (Lipinski definition) is 2. The molecule has 19 heavy (non-hydrogen) atoms. The molecule has 1 N–H and O–H groups in total. The molecule has 1 fully saturated rings. The molecule has 0 spiro atoms. The number of rotatable bonds is 4. The number of ether oxygens (including phenoxy) is 1. The zero-order valence-electron chi connectivity index (χ0n) is 12.3. The van der Waals surface area contributed by atoms with Crippen molar-refractivity contribution >= 4 is 0 Å². The number of hydrogen-bond donors (Lipinski definition) is 1. The second-order valence-corrected chi connectivity index (χ2v) is 6.25. The van der Waals surface area contributed by atoms with Crippen LogP contribution in [0.3, 0.4) is 0 Å². The van der Waals surface area contributed by atoms with Gasteiger partial charge in [0.25, 0.3) is 0 Å². The normalized spacial score (nSPS) is 29.2. The highest BCUT2D eigenvalue weighted by atomic mass is 16.5. The molecule has 1 aliphatic carbocycles. The van der Waals surface area contributed by atoms with E-state index < -0.39 is 0 Å². The topological polar surface area (TPSA) is 29.5 Å². The Morgan fingerprint density at radius 1 is 1.16 bits per heavy atom. The molecule has 0 heterocycles. The van der Waals surface area contributed by atoms with E-state index in [1.54, 1.807) is 7.11 Å². The molecule has 0 bridgehead atoms. The molecule has 106 valence electrons. The Hall–Kier alpha value is -0.860. The van der Waals surface area contributed by atoms with Gasteiger partial charge in [-0.15, -0.1) is 0 Å². The Kier molecular flexibility index (Phi) is 5.00. The lowest BCUT2D eigenvalue weighted by Crippen LogP contribution is -2.25. The van der Waals surface area contributed by atoms with Gasteiger partial charge in [0, 0.05) is 7.11 Å². The highest BCUT2D eigenvalue weighted by Gasteiger charge is 2.30. The molecule has 0 radical (unpaired) electrons. The van der Waals surface area contributed by atoms with E-state index in [0.29, 0.717) is 12.5 Å². The molecule has 3 unspecified atom stereocenters. The summed E-state index contributed by atoms with van der Waals surface area (Å²) in [4.78, 5) is 0. The molecule has 2 nitrogen and oxygen atoms in total. The zero-order valence-corrected chi connectivity index (χ0v) is 12.3. The van der Waals surface area contributed by atoms with Crippen LogP contribution in [-0.2, 0) is 11.3 Å². The van der Waals surface area contributed by atoms with Gasteiger partial charge in [-0.3, -0.25) is 0 Å². The predicted molar refractivity (Wildman–Crippen MR) is 77.8 cm³/mol. The zero-order chi connectivity index (χ0) is 13.8. The third-order valence-corrected chi connectivity index (χ3v) is 4.34. The van der Waals surface area contributed by atoms with Crippen LogP contribution in [0.15, 0.2) is 24.3 Å². The molecule has 2 rings (SSSR count). The Bertz CT molecular complexity index is 392. The van der Waals surface area contributed by atoms with Crippen LogP contribution in [-0.4, -0.2) is 12.2 Å². The number of benzene rings is 1. The van der Waals surface area contributed by atoms with Gasteiger partial charge in [0.2, 0.25) is 0 Å². The lowest BCUT2D eigenvalue weighted by Gasteiger charge is -2.35. The molecule has 0 saturated heterocycles. The summed E-state index contributed by atoms with van der Waals surface area (Å²) in [5.41, 5.74) is 2.17. The van der Waals surface area contributed by atoms with Gasteiger partial charge in [-0.25, -0.2) is 0 Å². The first-order chi connectivity index (χ1) is 9.11. The van der Waals surface area contributed by atoms with Crippen molar-refractivity contribution in [2.24, 2.45) is 17.8 Å². The highest BCUT2D eigenvalue weighted by Crippen LogP contribution is 2.40. The molecule has 0 aliphatic heterocycles. The largest absolute Gasteiger partial charge is 0.388 e. The van der Waals surface area contributed by atoms with Gasteiger partial charge in [0.15, 0.2) is 0 Å². The van der Waals surface area contributed by atoms with E-state index in [1.807, 2.05) is 18.2 Å². The molecule has 1 aromatic carbocycles. The van der Waals surface area contributed by atoms with Crippen LogP contribution in [0.1, 0.15) is 50.3 Å². The molecular formula is C17H26O2. The van der Waals surface area contributed by atoms with Crippen molar-refractivity contribution in [1.29, 1.82) is 0 Å². The van der Waals surface area contributed by atoms with Gasteiger partial charge in [0.05, 0.1) is 12.7 Å². The summed E-state index contributed by atoms with van der Waals surface area (Å²) < 4.78 is 5.24. The minimum atomic E-state index is -0.350. The van der Waals surface area contributed by atoms with Crippen LogP contribution in [0.25, 0.3) is 0 Å². The first-order valence-electron chi connectivity index (χ1n) is 7.36. The fourth-order valence-corrected chi connectivity index (χ4v) is 3.63. The smallest absolute Gasteiger partial charge is 0.0821 e. The SMILES string of the molecule is COCc1ccccc1C(O)C1CC(C)CC(C)C1. The van der Waals surface area contributed by atoms with E-state index in [-0.39, 0.29) is 6.10 Å². The van der Waals surface area contributed by atoms with E-state index in [0.717, 1.165) is 35.8 Å². The van der Waals surface area contributed by atoms with Crippen LogP contribution in [0.2, 0.25) is 0 Å². The lowest BCUT2D eigenvalue weighted by molar-refractivity contribution is 0.0531. The first kappa shape index (κ1) is 14.5. The van der Waals surface area contributed by atoms with E-state index in [2.05, 4.69) is 19.9 Å². The van der Waals surface area contributed by atoms with E-state index in [9.17, 15) is 5.11 Å². The van der Waals surface area contributed by atoms with E-state index in [1.165, 1.54) is 6.42 Å². The van der Waals surface area contributed by atoms with E-state index in [4.69, 9.17) is 4.74 Å². The summed E-state index contributed by atoms with van der Waals surface area (Å²) in [6.07, 6.45) is 3.21. The average molecular weight is 262 g/mol. The Morgan fingerprint density at radius 3 is 2.42 bits per heavy atom. The summed E-state index contributed by atoms with van der Waals surface area (Å²) in [6, 6.07) is 8.12. The summed E-state index contributed by atoms with van der Waals surface area (Å²) >= 11 is 0. The predicted octanol–water partition coefficient (Wildman–Crippen LogP) is 3.94. The Labute approximate surface area is 116 Å². The second-order valence-electron chi connectivity index (χ2n) is 6.25. The van der Waals surface area contributed by atoms with Crippen LogP contribution in [0.5, 0.6) is 0 Å². The third-order valence-electron chi connectivity index (χ3n) is 4.34. The van der Waals surface area contributed by atoms with Crippen molar-refractivity contribution in [3.63, 3.8) is 0 Å². The molecule has 1 aliphatic rings. The minimum Gasteiger partial charge on any atom is -0.388 e. The first-order valence-corrected chi connectivity index (χ1v) is 7.36. The fraction of sp³-hybridized carbons (Fsp3) is 0.647. The van der Waals surface area contributed by atoms with Crippen molar-refractivity contribution in [3.8, 4) is 0 Å². The van der Waals surface area contributed by atoms with Crippen molar-refractivity contribution in [3.05, 3.63) is 35.4 Å². The van der Waals surface area contributed by atoms with Crippen molar-refractivity contribution in [1.82, 2.24) is 0 Å². The summed E-state index contributed by atoms with van der Waals surface area (Å²) in [5, 5.41) is 10.7. The summed E-state index contributed by atoms with van der Waals surface area (Å²) in [7, 11) is 1.70.